The molecule has 0 aromatic carbocycles. The molecule has 1 rings (SSSR count). The van der Waals surface area contributed by atoms with Crippen molar-refractivity contribution in [3.8, 4) is 0 Å². The standard InChI is InChI=1S/C14H25NO/c1-11(10-15-16)7-8-13-12(2)6-5-9-14(13,3)4/h6,10-11,13,16H,5,7-9H2,1-4H3. The van der Waals surface area contributed by atoms with E-state index in [0.29, 0.717) is 17.3 Å². The zero-order valence-corrected chi connectivity index (χ0v) is 11.0. The van der Waals surface area contributed by atoms with E-state index in [9.17, 15) is 0 Å². The summed E-state index contributed by atoms with van der Waals surface area (Å²) in [5.41, 5.74) is 1.97. The average molecular weight is 223 g/mol. The normalized spacial score (nSPS) is 26.8. The van der Waals surface area contributed by atoms with Gasteiger partial charge in [-0.15, -0.1) is 5.16 Å². The van der Waals surface area contributed by atoms with Gasteiger partial charge < -0.3 is 5.21 Å². The molecule has 0 aromatic rings. The van der Waals surface area contributed by atoms with Crippen LogP contribution in [-0.2, 0) is 0 Å². The van der Waals surface area contributed by atoms with E-state index in [1.165, 1.54) is 19.3 Å². The van der Waals surface area contributed by atoms with Crippen LogP contribution >= 0.6 is 0 Å². The van der Waals surface area contributed by atoms with E-state index in [0.717, 1.165) is 6.42 Å². The van der Waals surface area contributed by atoms with Crippen LogP contribution in [0.15, 0.2) is 16.8 Å². The van der Waals surface area contributed by atoms with E-state index in [-0.39, 0.29) is 0 Å². The fourth-order valence-corrected chi connectivity index (χ4v) is 2.84. The Balaban J connectivity index is 2.57. The Kier molecular flexibility index (Phi) is 4.57. The summed E-state index contributed by atoms with van der Waals surface area (Å²) in [4.78, 5) is 0. The molecule has 0 amide bonds. The van der Waals surface area contributed by atoms with Crippen molar-refractivity contribution in [1.29, 1.82) is 0 Å². The average Bonchev–Trinajstić information content (AvgIpc) is 2.16. The summed E-state index contributed by atoms with van der Waals surface area (Å²) in [6.45, 7) is 9.11. The summed E-state index contributed by atoms with van der Waals surface area (Å²) in [5, 5.41) is 11.6. The predicted octanol–water partition coefficient (Wildman–Crippen LogP) is 4.25. The first kappa shape index (κ1) is 13.3. The Morgan fingerprint density at radius 2 is 2.31 bits per heavy atom. The smallest absolute Gasteiger partial charge is 0.0464 e. The SMILES string of the molecule is CC1=CCCC(C)(C)C1CCC(C)C=NO. The highest BCUT2D eigenvalue weighted by atomic mass is 16.4. The monoisotopic (exact) mass is 223 g/mol. The van der Waals surface area contributed by atoms with Crippen LogP contribution in [0.2, 0.25) is 0 Å². The molecule has 0 bridgehead atoms. The van der Waals surface area contributed by atoms with Crippen LogP contribution in [0.25, 0.3) is 0 Å². The maximum atomic E-state index is 8.49. The second kappa shape index (κ2) is 5.51. The highest BCUT2D eigenvalue weighted by molar-refractivity contribution is 5.59. The molecule has 0 spiro atoms. The van der Waals surface area contributed by atoms with E-state index in [1.807, 2.05) is 0 Å². The molecule has 0 saturated carbocycles. The topological polar surface area (TPSA) is 32.6 Å². The van der Waals surface area contributed by atoms with E-state index in [2.05, 4.69) is 38.9 Å². The Morgan fingerprint density at radius 1 is 1.62 bits per heavy atom. The number of hydrogen-bond donors (Lipinski definition) is 1. The Morgan fingerprint density at radius 3 is 2.88 bits per heavy atom. The lowest BCUT2D eigenvalue weighted by molar-refractivity contribution is 0.198. The molecule has 1 aliphatic rings. The molecule has 1 aliphatic carbocycles. The summed E-state index contributed by atoms with van der Waals surface area (Å²) in [7, 11) is 0. The van der Waals surface area contributed by atoms with Crippen molar-refractivity contribution in [1.82, 2.24) is 0 Å². The first-order chi connectivity index (χ1) is 7.47. The quantitative estimate of drug-likeness (QED) is 0.329. The van der Waals surface area contributed by atoms with E-state index >= 15 is 0 Å². The lowest BCUT2D eigenvalue weighted by Gasteiger charge is -2.39. The lowest BCUT2D eigenvalue weighted by atomic mass is 9.66. The molecule has 1 N–H and O–H groups in total. The van der Waals surface area contributed by atoms with Gasteiger partial charge in [0.25, 0.3) is 0 Å². The first-order valence-electron chi connectivity index (χ1n) is 6.31. The number of rotatable bonds is 4. The van der Waals surface area contributed by atoms with Crippen molar-refractivity contribution < 1.29 is 5.21 Å². The summed E-state index contributed by atoms with van der Waals surface area (Å²) >= 11 is 0. The molecule has 0 radical (unpaired) electrons. The van der Waals surface area contributed by atoms with Gasteiger partial charge in [-0.25, -0.2) is 0 Å². The fourth-order valence-electron chi connectivity index (χ4n) is 2.84. The largest absolute Gasteiger partial charge is 0.411 e. The highest BCUT2D eigenvalue weighted by Crippen LogP contribution is 2.43. The van der Waals surface area contributed by atoms with Crippen LogP contribution in [-0.4, -0.2) is 11.4 Å². The Hall–Kier alpha value is -0.790. The maximum Gasteiger partial charge on any atom is 0.0464 e. The van der Waals surface area contributed by atoms with Crippen molar-refractivity contribution in [2.24, 2.45) is 22.4 Å². The molecule has 16 heavy (non-hydrogen) atoms. The van der Waals surface area contributed by atoms with Gasteiger partial charge in [0, 0.05) is 6.21 Å². The first-order valence-corrected chi connectivity index (χ1v) is 6.31. The molecular formula is C14H25NO. The number of nitrogens with zero attached hydrogens (tertiary/aromatic N) is 1. The van der Waals surface area contributed by atoms with E-state index in [1.54, 1.807) is 11.8 Å². The van der Waals surface area contributed by atoms with Gasteiger partial charge in [0.05, 0.1) is 0 Å². The minimum absolute atomic E-state index is 0.371. The molecule has 0 aromatic heterocycles. The summed E-state index contributed by atoms with van der Waals surface area (Å²) < 4.78 is 0. The van der Waals surface area contributed by atoms with Crippen LogP contribution in [0.3, 0.4) is 0 Å². The van der Waals surface area contributed by atoms with Crippen molar-refractivity contribution in [3.63, 3.8) is 0 Å². The van der Waals surface area contributed by atoms with Crippen molar-refractivity contribution in [2.75, 3.05) is 0 Å². The van der Waals surface area contributed by atoms with Crippen LogP contribution < -0.4 is 0 Å². The van der Waals surface area contributed by atoms with Crippen LogP contribution in [0.4, 0.5) is 0 Å². The second-order valence-electron chi connectivity index (χ2n) is 5.85. The molecule has 0 saturated heterocycles. The predicted molar refractivity (Wildman–Crippen MR) is 68.9 cm³/mol. The molecular weight excluding hydrogens is 198 g/mol. The zero-order valence-electron chi connectivity index (χ0n) is 11.0. The Bertz CT molecular complexity index is 278. The molecule has 0 aliphatic heterocycles. The third-order valence-corrected chi connectivity index (χ3v) is 3.98. The maximum absolute atomic E-state index is 8.49. The molecule has 0 fully saturated rings. The van der Waals surface area contributed by atoms with Crippen molar-refractivity contribution >= 4 is 6.21 Å². The van der Waals surface area contributed by atoms with Gasteiger partial charge in [-0.3, -0.25) is 0 Å². The summed E-state index contributed by atoms with van der Waals surface area (Å²) in [6, 6.07) is 0. The fraction of sp³-hybridized carbons (Fsp3) is 0.786. The van der Waals surface area contributed by atoms with Crippen molar-refractivity contribution in [3.05, 3.63) is 11.6 Å². The van der Waals surface area contributed by atoms with Crippen LogP contribution in [0, 0.1) is 17.3 Å². The van der Waals surface area contributed by atoms with Gasteiger partial charge in [0.2, 0.25) is 0 Å². The Labute approximate surface area is 99.4 Å². The third kappa shape index (κ3) is 3.36. The van der Waals surface area contributed by atoms with Crippen molar-refractivity contribution in [2.45, 2.75) is 53.4 Å². The van der Waals surface area contributed by atoms with Crippen LogP contribution in [0.5, 0.6) is 0 Å². The number of allylic oxidation sites excluding steroid dienone is 2. The zero-order chi connectivity index (χ0) is 12.2. The minimum atomic E-state index is 0.371. The highest BCUT2D eigenvalue weighted by Gasteiger charge is 2.32. The minimum Gasteiger partial charge on any atom is -0.411 e. The number of oxime groups is 1. The number of hydrogen-bond acceptors (Lipinski definition) is 2. The van der Waals surface area contributed by atoms with E-state index < -0.39 is 0 Å². The lowest BCUT2D eigenvalue weighted by Crippen LogP contribution is -2.28. The summed E-state index contributed by atoms with van der Waals surface area (Å²) in [5.74, 6) is 1.06. The molecule has 2 nitrogen and oxygen atoms in total. The molecule has 92 valence electrons. The molecule has 2 atom stereocenters. The molecule has 0 heterocycles. The van der Waals surface area contributed by atoms with Gasteiger partial charge in [0.15, 0.2) is 0 Å². The van der Waals surface area contributed by atoms with Crippen LogP contribution in [0.1, 0.15) is 53.4 Å². The van der Waals surface area contributed by atoms with Gasteiger partial charge in [-0.05, 0) is 49.9 Å². The second-order valence-corrected chi connectivity index (χ2v) is 5.85. The summed E-state index contributed by atoms with van der Waals surface area (Å²) in [6.07, 6.45) is 8.84. The van der Waals surface area contributed by atoms with Gasteiger partial charge in [-0.2, -0.15) is 0 Å². The van der Waals surface area contributed by atoms with Gasteiger partial charge >= 0.3 is 0 Å². The molecule has 2 unspecified atom stereocenters. The van der Waals surface area contributed by atoms with Gasteiger partial charge in [0.1, 0.15) is 0 Å². The third-order valence-electron chi connectivity index (χ3n) is 3.98. The van der Waals surface area contributed by atoms with E-state index in [4.69, 9.17) is 5.21 Å². The van der Waals surface area contributed by atoms with Gasteiger partial charge in [-0.1, -0.05) is 32.4 Å². The molecule has 2 heteroatoms.